The Morgan fingerprint density at radius 1 is 1.16 bits per heavy atom. The van der Waals surface area contributed by atoms with E-state index in [4.69, 9.17) is 9.73 Å². The third-order valence-corrected chi connectivity index (χ3v) is 3.85. The molecule has 5 nitrogen and oxygen atoms in total. The number of benzene rings is 2. The van der Waals surface area contributed by atoms with E-state index >= 15 is 0 Å². The molecule has 0 unspecified atom stereocenters. The number of ether oxygens (including phenoxy) is 1. The van der Waals surface area contributed by atoms with Crippen molar-refractivity contribution in [1.29, 1.82) is 0 Å². The zero-order valence-corrected chi connectivity index (χ0v) is 15.2. The van der Waals surface area contributed by atoms with Crippen LogP contribution in [0.2, 0.25) is 0 Å². The van der Waals surface area contributed by atoms with Crippen LogP contribution in [-0.4, -0.2) is 43.2 Å². The zero-order chi connectivity index (χ0) is 18.1. The second-order valence-corrected chi connectivity index (χ2v) is 5.86. The Balaban J connectivity index is 1.97. The van der Waals surface area contributed by atoms with E-state index in [1.165, 1.54) is 5.56 Å². The van der Waals surface area contributed by atoms with Crippen LogP contribution >= 0.6 is 0 Å². The molecule has 2 N–H and O–H groups in total. The minimum absolute atomic E-state index is 0.296. The van der Waals surface area contributed by atoms with Crippen LogP contribution in [0.25, 0.3) is 0 Å². The predicted octanol–water partition coefficient (Wildman–Crippen LogP) is 3.04. The van der Waals surface area contributed by atoms with Gasteiger partial charge >= 0.3 is 0 Å². The van der Waals surface area contributed by atoms with Crippen LogP contribution in [0.15, 0.2) is 53.5 Å². The molecule has 0 radical (unpaired) electrons. The molecule has 0 fully saturated rings. The lowest BCUT2D eigenvalue weighted by molar-refractivity contribution is 0.414. The Hall–Kier alpha value is -2.69. The topological polar surface area (TPSA) is 57.1 Å². The number of nitrogens with one attached hydrogen (secondary N) is 1. The van der Waals surface area contributed by atoms with Gasteiger partial charge in [-0.2, -0.15) is 0 Å². The molecule has 2 rings (SSSR count). The molecule has 0 aliphatic carbocycles. The number of methoxy groups -OCH3 is 1. The van der Waals surface area contributed by atoms with Crippen LogP contribution < -0.4 is 10.1 Å². The van der Waals surface area contributed by atoms with Crippen molar-refractivity contribution in [2.45, 2.75) is 19.9 Å². The molecular weight excluding hydrogens is 314 g/mol. The summed E-state index contributed by atoms with van der Waals surface area (Å²) in [6, 6.07) is 15.4. The van der Waals surface area contributed by atoms with E-state index in [2.05, 4.69) is 29.3 Å². The van der Waals surface area contributed by atoms with Crippen molar-refractivity contribution < 1.29 is 9.84 Å². The summed E-state index contributed by atoms with van der Waals surface area (Å²) in [4.78, 5) is 6.80. The fourth-order valence-electron chi connectivity index (χ4n) is 2.55. The van der Waals surface area contributed by atoms with Crippen LogP contribution in [-0.2, 0) is 13.0 Å². The van der Waals surface area contributed by atoms with Crippen LogP contribution in [0.3, 0.4) is 0 Å². The molecule has 5 heteroatoms. The number of guanidine groups is 1. The number of hydrogen-bond donors (Lipinski definition) is 2. The van der Waals surface area contributed by atoms with E-state index in [9.17, 15) is 5.11 Å². The summed E-state index contributed by atoms with van der Waals surface area (Å²) in [7, 11) is 3.70. The smallest absolute Gasteiger partial charge is 0.193 e. The van der Waals surface area contributed by atoms with Gasteiger partial charge in [0.2, 0.25) is 0 Å². The largest absolute Gasteiger partial charge is 0.508 e. The number of rotatable bonds is 7. The highest BCUT2D eigenvalue weighted by Crippen LogP contribution is 2.13. The highest BCUT2D eigenvalue weighted by atomic mass is 16.5. The van der Waals surface area contributed by atoms with Gasteiger partial charge in [0.1, 0.15) is 11.5 Å². The Labute approximate surface area is 150 Å². The molecular formula is C20H27N3O2. The summed E-state index contributed by atoms with van der Waals surface area (Å²) < 4.78 is 5.20. The molecule has 25 heavy (non-hydrogen) atoms. The van der Waals surface area contributed by atoms with E-state index in [1.54, 1.807) is 19.2 Å². The van der Waals surface area contributed by atoms with Crippen LogP contribution in [0.5, 0.6) is 11.5 Å². The van der Waals surface area contributed by atoms with Gasteiger partial charge in [-0.25, -0.2) is 0 Å². The van der Waals surface area contributed by atoms with Gasteiger partial charge in [0.05, 0.1) is 7.11 Å². The van der Waals surface area contributed by atoms with Crippen LogP contribution in [0.4, 0.5) is 0 Å². The lowest BCUT2D eigenvalue weighted by atomic mass is 10.1. The molecule has 0 amide bonds. The van der Waals surface area contributed by atoms with E-state index in [1.807, 2.05) is 31.3 Å². The first-order valence-electron chi connectivity index (χ1n) is 8.52. The molecule has 0 aliphatic heterocycles. The first-order valence-corrected chi connectivity index (χ1v) is 8.52. The van der Waals surface area contributed by atoms with Gasteiger partial charge in [0, 0.05) is 26.7 Å². The number of phenolic OH excluding ortho intramolecular Hbond substituents is 1. The fraction of sp³-hybridized carbons (Fsp3) is 0.350. The van der Waals surface area contributed by atoms with Gasteiger partial charge in [0.15, 0.2) is 5.96 Å². The molecule has 0 aromatic heterocycles. The van der Waals surface area contributed by atoms with E-state index < -0.39 is 0 Å². The Bertz CT molecular complexity index is 684. The fourth-order valence-corrected chi connectivity index (χ4v) is 2.55. The number of aliphatic imine (C=N–C) groups is 1. The summed E-state index contributed by atoms with van der Waals surface area (Å²) in [5.41, 5.74) is 2.28. The maximum Gasteiger partial charge on any atom is 0.193 e. The summed E-state index contributed by atoms with van der Waals surface area (Å²) in [6.45, 7) is 4.31. The Morgan fingerprint density at radius 3 is 2.56 bits per heavy atom. The first-order chi connectivity index (χ1) is 12.1. The first kappa shape index (κ1) is 18.6. The monoisotopic (exact) mass is 341 g/mol. The Morgan fingerprint density at radius 2 is 1.92 bits per heavy atom. The van der Waals surface area contributed by atoms with Gasteiger partial charge in [-0.1, -0.05) is 24.3 Å². The average Bonchev–Trinajstić information content (AvgIpc) is 2.61. The minimum atomic E-state index is 0.296. The quantitative estimate of drug-likeness (QED) is 0.600. The number of phenols is 1. The van der Waals surface area contributed by atoms with Crippen molar-refractivity contribution in [2.75, 3.05) is 27.2 Å². The lowest BCUT2D eigenvalue weighted by Crippen LogP contribution is -2.38. The molecule has 0 saturated carbocycles. The molecule has 2 aromatic rings. The third-order valence-electron chi connectivity index (χ3n) is 3.85. The van der Waals surface area contributed by atoms with Gasteiger partial charge in [-0.3, -0.25) is 4.99 Å². The average molecular weight is 341 g/mol. The zero-order valence-electron chi connectivity index (χ0n) is 15.2. The van der Waals surface area contributed by atoms with Crippen molar-refractivity contribution >= 4 is 5.96 Å². The summed E-state index contributed by atoms with van der Waals surface area (Å²) in [6.07, 6.45) is 0.791. The molecule has 0 spiro atoms. The SMILES string of the molecule is CCNC(=NCCc1cccc(O)c1)N(C)Cc1ccc(OC)cc1. The number of nitrogens with zero attached hydrogens (tertiary/aromatic N) is 2. The van der Waals surface area contributed by atoms with Crippen molar-refractivity contribution in [1.82, 2.24) is 10.2 Å². The molecule has 0 atom stereocenters. The summed E-state index contributed by atoms with van der Waals surface area (Å²) in [5.74, 6) is 2.03. The molecule has 2 aromatic carbocycles. The second kappa shape index (κ2) is 9.57. The van der Waals surface area contributed by atoms with Gasteiger partial charge in [-0.05, 0) is 48.7 Å². The van der Waals surface area contributed by atoms with Crippen molar-refractivity contribution in [3.05, 3.63) is 59.7 Å². The Kier molecular flexibility index (Phi) is 7.14. The van der Waals surface area contributed by atoms with E-state index in [-0.39, 0.29) is 0 Å². The molecule has 0 bridgehead atoms. The van der Waals surface area contributed by atoms with Crippen molar-refractivity contribution in [3.8, 4) is 11.5 Å². The maximum atomic E-state index is 9.53. The lowest BCUT2D eigenvalue weighted by Gasteiger charge is -2.22. The van der Waals surface area contributed by atoms with Gasteiger partial charge in [-0.15, -0.1) is 0 Å². The number of hydrogen-bond acceptors (Lipinski definition) is 3. The summed E-state index contributed by atoms with van der Waals surface area (Å²) in [5, 5.41) is 12.9. The second-order valence-electron chi connectivity index (χ2n) is 5.86. The molecule has 0 heterocycles. The highest BCUT2D eigenvalue weighted by molar-refractivity contribution is 5.79. The molecule has 0 saturated heterocycles. The van der Waals surface area contributed by atoms with Crippen LogP contribution in [0, 0.1) is 0 Å². The van der Waals surface area contributed by atoms with Gasteiger partial charge in [0.25, 0.3) is 0 Å². The minimum Gasteiger partial charge on any atom is -0.508 e. The van der Waals surface area contributed by atoms with E-state index in [0.29, 0.717) is 12.3 Å². The molecule has 134 valence electrons. The van der Waals surface area contributed by atoms with Crippen molar-refractivity contribution in [2.24, 2.45) is 4.99 Å². The predicted molar refractivity (Wildman–Crippen MR) is 102 cm³/mol. The summed E-state index contributed by atoms with van der Waals surface area (Å²) >= 11 is 0. The standard InChI is InChI=1S/C20H27N3O2/c1-4-21-20(22-13-12-16-6-5-7-18(24)14-16)23(2)15-17-8-10-19(25-3)11-9-17/h5-11,14,24H,4,12-13,15H2,1-3H3,(H,21,22). The van der Waals surface area contributed by atoms with Gasteiger partial charge < -0.3 is 20.1 Å². The van der Waals surface area contributed by atoms with E-state index in [0.717, 1.165) is 36.8 Å². The highest BCUT2D eigenvalue weighted by Gasteiger charge is 2.06. The van der Waals surface area contributed by atoms with Crippen molar-refractivity contribution in [3.63, 3.8) is 0 Å². The molecule has 0 aliphatic rings. The normalized spacial score (nSPS) is 11.2. The maximum absolute atomic E-state index is 9.53. The third kappa shape index (κ3) is 6.03. The van der Waals surface area contributed by atoms with Crippen LogP contribution in [0.1, 0.15) is 18.1 Å². The number of aromatic hydroxyl groups is 1.